The van der Waals surface area contributed by atoms with Gasteiger partial charge in [0, 0.05) is 13.2 Å². The number of rotatable bonds is 8. The highest BCUT2D eigenvalue weighted by atomic mass is 16.5. The first kappa shape index (κ1) is 12.4. The van der Waals surface area contributed by atoms with Gasteiger partial charge in [-0.3, -0.25) is 0 Å². The second kappa shape index (κ2) is 8.01. The van der Waals surface area contributed by atoms with E-state index in [0.29, 0.717) is 6.61 Å². The molecule has 0 fully saturated rings. The lowest BCUT2D eigenvalue weighted by molar-refractivity contribution is -0.149. The van der Waals surface area contributed by atoms with Gasteiger partial charge >= 0.3 is 5.97 Å². The van der Waals surface area contributed by atoms with Crippen molar-refractivity contribution in [3.63, 3.8) is 0 Å². The summed E-state index contributed by atoms with van der Waals surface area (Å²) in [4.78, 5) is 10.3. The van der Waals surface area contributed by atoms with E-state index in [1.807, 2.05) is 0 Å². The second-order valence-corrected chi connectivity index (χ2v) is 2.99. The van der Waals surface area contributed by atoms with Gasteiger partial charge in [0.05, 0.1) is 0 Å². The van der Waals surface area contributed by atoms with Crippen LogP contribution in [0.2, 0.25) is 0 Å². The van der Waals surface area contributed by atoms with Gasteiger partial charge in [0.15, 0.2) is 6.10 Å². The lowest BCUT2D eigenvalue weighted by Gasteiger charge is -2.07. The van der Waals surface area contributed by atoms with Gasteiger partial charge in [-0.2, -0.15) is 0 Å². The summed E-state index contributed by atoms with van der Waals surface area (Å²) in [6, 6.07) is 0. The van der Waals surface area contributed by atoms with Crippen LogP contribution in [0.4, 0.5) is 0 Å². The number of hydrogen-bond acceptors (Lipinski definition) is 3. The number of aliphatic carboxylic acids is 1. The molecule has 4 nitrogen and oxygen atoms in total. The molecule has 13 heavy (non-hydrogen) atoms. The summed E-state index contributed by atoms with van der Waals surface area (Å²) in [5, 5.41) is 16.9. The van der Waals surface area contributed by atoms with Gasteiger partial charge < -0.3 is 14.9 Å². The van der Waals surface area contributed by atoms with E-state index in [1.165, 1.54) is 6.92 Å². The fraction of sp³-hybridized carbons (Fsp3) is 0.889. The van der Waals surface area contributed by atoms with Crippen molar-refractivity contribution in [3.05, 3.63) is 0 Å². The van der Waals surface area contributed by atoms with Gasteiger partial charge in [0.2, 0.25) is 0 Å². The molecule has 0 aromatic heterocycles. The molecule has 0 spiro atoms. The van der Waals surface area contributed by atoms with Crippen molar-refractivity contribution < 1.29 is 19.7 Å². The average Bonchev–Trinajstić information content (AvgIpc) is 2.10. The molecule has 0 aromatic carbocycles. The smallest absolute Gasteiger partial charge is 0.332 e. The van der Waals surface area contributed by atoms with Crippen LogP contribution in [0, 0.1) is 0 Å². The minimum Gasteiger partial charge on any atom is -0.479 e. The Balaban J connectivity index is 3.11. The Morgan fingerprint density at radius 1 is 1.31 bits per heavy atom. The van der Waals surface area contributed by atoms with E-state index >= 15 is 0 Å². The molecule has 0 aliphatic heterocycles. The van der Waals surface area contributed by atoms with Crippen LogP contribution < -0.4 is 0 Å². The van der Waals surface area contributed by atoms with Gasteiger partial charge in [-0.15, -0.1) is 0 Å². The molecule has 0 unspecified atom stereocenters. The molecule has 0 aliphatic rings. The Kier molecular flexibility index (Phi) is 7.63. The molecule has 0 saturated heterocycles. The Morgan fingerprint density at radius 3 is 2.46 bits per heavy atom. The normalized spacial score (nSPS) is 12.8. The first-order chi connectivity index (χ1) is 6.18. The van der Waals surface area contributed by atoms with E-state index in [0.717, 1.165) is 25.7 Å². The number of carboxylic acid groups (broad SMARTS) is 1. The van der Waals surface area contributed by atoms with Crippen molar-refractivity contribution in [2.75, 3.05) is 13.2 Å². The number of unbranched alkanes of at least 4 members (excludes halogenated alkanes) is 3. The summed E-state index contributed by atoms with van der Waals surface area (Å²) in [6.07, 6.45) is 2.91. The van der Waals surface area contributed by atoms with Crippen molar-refractivity contribution in [3.8, 4) is 0 Å². The maximum atomic E-state index is 10.3. The molecule has 0 saturated carbocycles. The fourth-order valence-electron chi connectivity index (χ4n) is 0.899. The SMILES string of the molecule is C[C@H](OCCCCCCO)C(=O)O. The highest BCUT2D eigenvalue weighted by Gasteiger charge is 2.09. The van der Waals surface area contributed by atoms with E-state index in [9.17, 15) is 4.79 Å². The quantitative estimate of drug-likeness (QED) is 0.561. The lowest BCUT2D eigenvalue weighted by Crippen LogP contribution is -2.20. The zero-order valence-corrected chi connectivity index (χ0v) is 8.03. The lowest BCUT2D eigenvalue weighted by atomic mass is 10.2. The van der Waals surface area contributed by atoms with Crippen LogP contribution in [-0.2, 0) is 9.53 Å². The molecule has 0 rings (SSSR count). The first-order valence-electron chi connectivity index (χ1n) is 4.63. The maximum absolute atomic E-state index is 10.3. The fourth-order valence-corrected chi connectivity index (χ4v) is 0.899. The van der Waals surface area contributed by atoms with Crippen LogP contribution in [0.15, 0.2) is 0 Å². The predicted molar refractivity (Wildman–Crippen MR) is 48.6 cm³/mol. The zero-order valence-electron chi connectivity index (χ0n) is 8.03. The molecule has 0 amide bonds. The van der Waals surface area contributed by atoms with E-state index < -0.39 is 12.1 Å². The monoisotopic (exact) mass is 190 g/mol. The van der Waals surface area contributed by atoms with E-state index in [1.54, 1.807) is 0 Å². The number of carboxylic acids is 1. The minimum atomic E-state index is -0.921. The van der Waals surface area contributed by atoms with Crippen LogP contribution in [0.5, 0.6) is 0 Å². The van der Waals surface area contributed by atoms with Crippen LogP contribution in [0.25, 0.3) is 0 Å². The highest BCUT2D eigenvalue weighted by molar-refractivity contribution is 5.71. The van der Waals surface area contributed by atoms with E-state index in [4.69, 9.17) is 14.9 Å². The van der Waals surface area contributed by atoms with Gasteiger partial charge in [-0.1, -0.05) is 12.8 Å². The summed E-state index contributed by atoms with van der Waals surface area (Å²) in [5.41, 5.74) is 0. The van der Waals surface area contributed by atoms with Crippen molar-refractivity contribution in [2.24, 2.45) is 0 Å². The van der Waals surface area contributed by atoms with Gasteiger partial charge in [0.25, 0.3) is 0 Å². The molecule has 0 aromatic rings. The second-order valence-electron chi connectivity index (χ2n) is 2.99. The average molecular weight is 190 g/mol. The molecular weight excluding hydrogens is 172 g/mol. The molecule has 78 valence electrons. The van der Waals surface area contributed by atoms with Crippen LogP contribution >= 0.6 is 0 Å². The first-order valence-corrected chi connectivity index (χ1v) is 4.63. The number of carbonyl (C=O) groups is 1. The Bertz CT molecular complexity index is 136. The molecule has 0 bridgehead atoms. The number of ether oxygens (including phenoxy) is 1. The summed E-state index contributed by atoms with van der Waals surface area (Å²) >= 11 is 0. The Labute approximate surface area is 78.5 Å². The molecule has 1 atom stereocenters. The van der Waals surface area contributed by atoms with Crippen molar-refractivity contribution in [1.82, 2.24) is 0 Å². The molecule has 0 radical (unpaired) electrons. The van der Waals surface area contributed by atoms with Crippen LogP contribution in [0.3, 0.4) is 0 Å². The van der Waals surface area contributed by atoms with Crippen molar-refractivity contribution in [2.45, 2.75) is 38.7 Å². The number of aliphatic hydroxyl groups excluding tert-OH is 1. The Hall–Kier alpha value is -0.610. The molecule has 0 heterocycles. The van der Waals surface area contributed by atoms with Crippen LogP contribution in [-0.4, -0.2) is 35.5 Å². The third-order valence-corrected chi connectivity index (χ3v) is 1.77. The predicted octanol–water partition coefficient (Wildman–Crippen LogP) is 1.03. The van der Waals surface area contributed by atoms with Gasteiger partial charge in [0.1, 0.15) is 0 Å². The largest absolute Gasteiger partial charge is 0.479 e. The topological polar surface area (TPSA) is 66.8 Å². The van der Waals surface area contributed by atoms with E-state index in [-0.39, 0.29) is 6.61 Å². The van der Waals surface area contributed by atoms with Gasteiger partial charge in [-0.05, 0) is 19.8 Å². The Morgan fingerprint density at radius 2 is 1.92 bits per heavy atom. The maximum Gasteiger partial charge on any atom is 0.332 e. The molecular formula is C9H18O4. The van der Waals surface area contributed by atoms with Crippen molar-refractivity contribution in [1.29, 1.82) is 0 Å². The van der Waals surface area contributed by atoms with E-state index in [2.05, 4.69) is 0 Å². The number of aliphatic hydroxyl groups is 1. The summed E-state index contributed by atoms with van der Waals surface area (Å²) < 4.78 is 5.02. The van der Waals surface area contributed by atoms with Crippen LogP contribution in [0.1, 0.15) is 32.6 Å². The summed E-state index contributed by atoms with van der Waals surface area (Å²) in [7, 11) is 0. The third-order valence-electron chi connectivity index (χ3n) is 1.77. The standard InChI is InChI=1S/C9H18O4/c1-8(9(11)12)13-7-5-3-2-4-6-10/h8,10H,2-7H2,1H3,(H,11,12)/t8-/m0/s1. The molecule has 2 N–H and O–H groups in total. The molecule has 4 heteroatoms. The molecule has 0 aliphatic carbocycles. The highest BCUT2D eigenvalue weighted by Crippen LogP contribution is 2.00. The summed E-state index contributed by atoms with van der Waals surface area (Å²) in [5.74, 6) is -0.921. The van der Waals surface area contributed by atoms with Gasteiger partial charge in [-0.25, -0.2) is 4.79 Å². The zero-order chi connectivity index (χ0) is 10.1. The summed E-state index contributed by atoms with van der Waals surface area (Å²) in [6.45, 7) is 2.24. The minimum absolute atomic E-state index is 0.229. The van der Waals surface area contributed by atoms with Crippen molar-refractivity contribution >= 4 is 5.97 Å². The number of hydrogen-bond donors (Lipinski definition) is 2. The third kappa shape index (κ3) is 7.74.